The molecule has 174 valence electrons. The van der Waals surface area contributed by atoms with Gasteiger partial charge in [-0.2, -0.15) is 0 Å². The van der Waals surface area contributed by atoms with E-state index in [0.717, 1.165) is 43.1 Å². The summed E-state index contributed by atoms with van der Waals surface area (Å²) in [6.45, 7) is 4.34. The number of hydrogen-bond donors (Lipinski definition) is 0. The fourth-order valence-electron chi connectivity index (χ4n) is 5.11. The van der Waals surface area contributed by atoms with Gasteiger partial charge >= 0.3 is 6.09 Å². The topological polar surface area (TPSA) is 68.3 Å². The molecule has 2 unspecified atom stereocenters. The van der Waals surface area contributed by atoms with E-state index in [0.29, 0.717) is 26.1 Å². The maximum Gasteiger partial charge on any atom is 0.410 e. The van der Waals surface area contributed by atoms with Gasteiger partial charge in [-0.15, -0.1) is 0 Å². The van der Waals surface area contributed by atoms with Crippen LogP contribution in [0.1, 0.15) is 28.8 Å². The molecule has 0 aromatic heterocycles. The van der Waals surface area contributed by atoms with Gasteiger partial charge in [-0.05, 0) is 42.7 Å². The van der Waals surface area contributed by atoms with Crippen LogP contribution < -0.4 is 4.90 Å². The standard InChI is InChI=1S/C26H30N2O5/c29-25(20-6-8-22(9-7-20)27-10-12-31-13-11-27)21-14-23-17-32-18-24(15-21)28(23)26(30)33-16-19-4-2-1-3-5-19/h1-9,21,23-24H,10-18H2. The van der Waals surface area contributed by atoms with Gasteiger partial charge in [0.05, 0.1) is 38.5 Å². The summed E-state index contributed by atoms with van der Waals surface area (Å²) in [5.41, 5.74) is 2.81. The third-order valence-electron chi connectivity index (χ3n) is 6.84. The van der Waals surface area contributed by atoms with Gasteiger partial charge in [0, 0.05) is 30.3 Å². The number of nitrogens with zero attached hydrogens (tertiary/aromatic N) is 2. The van der Waals surface area contributed by atoms with Crippen LogP contribution in [-0.4, -0.2) is 68.4 Å². The van der Waals surface area contributed by atoms with Gasteiger partial charge < -0.3 is 19.1 Å². The Kier molecular flexibility index (Phi) is 6.60. The quantitative estimate of drug-likeness (QED) is 0.650. The molecular formula is C26H30N2O5. The zero-order valence-electron chi connectivity index (χ0n) is 18.7. The second-order valence-electron chi connectivity index (χ2n) is 8.97. The van der Waals surface area contributed by atoms with Crippen molar-refractivity contribution in [2.45, 2.75) is 31.5 Å². The highest BCUT2D eigenvalue weighted by Gasteiger charge is 2.44. The molecule has 3 heterocycles. The predicted molar refractivity (Wildman–Crippen MR) is 123 cm³/mol. The number of carbonyl (C=O) groups is 2. The van der Waals surface area contributed by atoms with E-state index in [4.69, 9.17) is 14.2 Å². The molecule has 2 aromatic carbocycles. The van der Waals surface area contributed by atoms with E-state index in [1.807, 2.05) is 54.6 Å². The van der Waals surface area contributed by atoms with Crippen LogP contribution in [0.25, 0.3) is 0 Å². The SMILES string of the molecule is O=C(c1ccc(N2CCOCC2)cc1)C1CC2COCC(C1)N2C(=O)OCc1ccccc1. The van der Waals surface area contributed by atoms with E-state index in [9.17, 15) is 9.59 Å². The lowest BCUT2D eigenvalue weighted by Gasteiger charge is -2.47. The minimum atomic E-state index is -0.321. The van der Waals surface area contributed by atoms with E-state index in [2.05, 4.69) is 4.90 Å². The molecule has 0 saturated carbocycles. The van der Waals surface area contributed by atoms with Crippen molar-refractivity contribution in [2.75, 3.05) is 44.4 Å². The smallest absolute Gasteiger partial charge is 0.410 e. The van der Waals surface area contributed by atoms with Gasteiger partial charge in [-0.25, -0.2) is 4.79 Å². The zero-order chi connectivity index (χ0) is 22.6. The summed E-state index contributed by atoms with van der Waals surface area (Å²) in [5, 5.41) is 0. The number of ketones is 1. The lowest BCUT2D eigenvalue weighted by molar-refractivity contribution is -0.0755. The Morgan fingerprint density at radius 2 is 1.55 bits per heavy atom. The van der Waals surface area contributed by atoms with Crippen molar-refractivity contribution in [3.8, 4) is 0 Å². The molecule has 0 N–H and O–H groups in total. The summed E-state index contributed by atoms with van der Waals surface area (Å²) in [5.74, 6) is 0.0361. The van der Waals surface area contributed by atoms with Crippen LogP contribution >= 0.6 is 0 Å². The van der Waals surface area contributed by atoms with Crippen LogP contribution in [-0.2, 0) is 20.8 Å². The van der Waals surface area contributed by atoms with Crippen molar-refractivity contribution >= 4 is 17.6 Å². The average Bonchev–Trinajstić information content (AvgIpc) is 2.87. The monoisotopic (exact) mass is 450 g/mol. The molecule has 0 radical (unpaired) electrons. The largest absolute Gasteiger partial charge is 0.445 e. The Labute approximate surface area is 194 Å². The highest BCUT2D eigenvalue weighted by molar-refractivity contribution is 5.98. The van der Waals surface area contributed by atoms with E-state index < -0.39 is 0 Å². The van der Waals surface area contributed by atoms with Crippen molar-refractivity contribution in [1.29, 1.82) is 0 Å². The number of Topliss-reactive ketones (excluding diaryl/α,β-unsaturated/α-hetero) is 1. The first-order chi connectivity index (χ1) is 16.2. The fraction of sp³-hybridized carbons (Fsp3) is 0.462. The first kappa shape index (κ1) is 21.9. The molecule has 3 aliphatic rings. The van der Waals surface area contributed by atoms with Crippen LogP contribution in [0.2, 0.25) is 0 Å². The molecule has 7 nitrogen and oxygen atoms in total. The number of anilines is 1. The minimum absolute atomic E-state index is 0.115. The van der Waals surface area contributed by atoms with E-state index in [1.54, 1.807) is 4.90 Å². The lowest BCUT2D eigenvalue weighted by atomic mass is 9.81. The summed E-state index contributed by atoms with van der Waals surface area (Å²) in [6, 6.07) is 17.3. The zero-order valence-corrected chi connectivity index (χ0v) is 18.7. The Hall–Kier alpha value is -2.90. The maximum absolute atomic E-state index is 13.3. The van der Waals surface area contributed by atoms with Crippen LogP contribution in [0.3, 0.4) is 0 Å². The number of hydrogen-bond acceptors (Lipinski definition) is 6. The maximum atomic E-state index is 13.3. The molecule has 2 bridgehead atoms. The third kappa shape index (κ3) is 4.89. The normalized spacial score (nSPS) is 24.9. The van der Waals surface area contributed by atoms with Gasteiger partial charge in [0.1, 0.15) is 6.61 Å². The Morgan fingerprint density at radius 1 is 0.879 bits per heavy atom. The molecule has 3 saturated heterocycles. The van der Waals surface area contributed by atoms with Crippen molar-refractivity contribution in [3.05, 3.63) is 65.7 Å². The second-order valence-corrected chi connectivity index (χ2v) is 8.97. The Morgan fingerprint density at radius 3 is 2.21 bits per heavy atom. The van der Waals surface area contributed by atoms with Crippen molar-refractivity contribution in [3.63, 3.8) is 0 Å². The molecule has 0 spiro atoms. The second kappa shape index (κ2) is 9.93. The number of benzene rings is 2. The molecule has 5 rings (SSSR count). The molecule has 7 heteroatoms. The van der Waals surface area contributed by atoms with Gasteiger partial charge in [-0.3, -0.25) is 9.69 Å². The van der Waals surface area contributed by atoms with Gasteiger partial charge in [0.15, 0.2) is 5.78 Å². The summed E-state index contributed by atoms with van der Waals surface area (Å²) in [7, 11) is 0. The van der Waals surface area contributed by atoms with E-state index in [-0.39, 0.29) is 36.5 Å². The minimum Gasteiger partial charge on any atom is -0.445 e. The van der Waals surface area contributed by atoms with Crippen LogP contribution in [0, 0.1) is 5.92 Å². The summed E-state index contributed by atoms with van der Waals surface area (Å²) >= 11 is 0. The van der Waals surface area contributed by atoms with E-state index >= 15 is 0 Å². The summed E-state index contributed by atoms with van der Waals surface area (Å²) in [6.07, 6.45) is 0.875. The van der Waals surface area contributed by atoms with Crippen LogP contribution in [0.4, 0.5) is 10.5 Å². The first-order valence-electron chi connectivity index (χ1n) is 11.7. The molecule has 2 atom stereocenters. The highest BCUT2D eigenvalue weighted by atomic mass is 16.6. The molecule has 3 fully saturated rings. The van der Waals surface area contributed by atoms with Gasteiger partial charge in [0.2, 0.25) is 0 Å². The molecule has 0 aliphatic carbocycles. The molecule has 3 aliphatic heterocycles. The molecule has 33 heavy (non-hydrogen) atoms. The third-order valence-corrected chi connectivity index (χ3v) is 6.84. The van der Waals surface area contributed by atoms with Crippen molar-refractivity contribution in [2.24, 2.45) is 5.92 Å². The molecule has 1 amide bonds. The van der Waals surface area contributed by atoms with Crippen LogP contribution in [0.5, 0.6) is 0 Å². The van der Waals surface area contributed by atoms with Gasteiger partial charge in [0.25, 0.3) is 0 Å². The number of fused-ring (bicyclic) bond motifs is 2. The number of rotatable bonds is 5. The summed E-state index contributed by atoms with van der Waals surface area (Å²) < 4.78 is 16.7. The Balaban J connectivity index is 1.22. The van der Waals surface area contributed by atoms with Crippen LogP contribution in [0.15, 0.2) is 54.6 Å². The van der Waals surface area contributed by atoms with E-state index in [1.165, 1.54) is 0 Å². The highest BCUT2D eigenvalue weighted by Crippen LogP contribution is 2.34. The van der Waals surface area contributed by atoms with Crippen molar-refractivity contribution < 1.29 is 23.8 Å². The number of morpholine rings is 2. The van der Waals surface area contributed by atoms with Gasteiger partial charge in [-0.1, -0.05) is 30.3 Å². The van der Waals surface area contributed by atoms with Crippen molar-refractivity contribution in [1.82, 2.24) is 4.90 Å². The first-order valence-corrected chi connectivity index (χ1v) is 11.7. The molecule has 2 aromatic rings. The fourth-order valence-corrected chi connectivity index (χ4v) is 5.11. The number of ether oxygens (including phenoxy) is 3. The number of carbonyl (C=O) groups excluding carboxylic acids is 2. The Bertz CT molecular complexity index is 944. The number of amides is 1. The lowest BCUT2D eigenvalue weighted by Crippen LogP contribution is -2.59. The summed E-state index contributed by atoms with van der Waals surface area (Å²) in [4.78, 5) is 30.2. The molecular weight excluding hydrogens is 420 g/mol. The predicted octanol–water partition coefficient (Wildman–Crippen LogP) is 3.52. The average molecular weight is 451 g/mol. The number of piperidine rings is 1.